The van der Waals surface area contributed by atoms with Crippen LogP contribution in [0.1, 0.15) is 33.5 Å². The molecule has 1 rings (SSSR count). The molecule has 1 aliphatic rings. The second-order valence-electron chi connectivity index (χ2n) is 2.08. The molecule has 0 saturated heterocycles. The molecule has 0 aliphatic heterocycles. The molecule has 0 aromatic rings. The van der Waals surface area contributed by atoms with Crippen LogP contribution in [0.2, 0.25) is 0 Å². The summed E-state index contributed by atoms with van der Waals surface area (Å²) in [6.07, 6.45) is 5.86. The fraction of sp³-hybridized carbons (Fsp3) is 1.00. The van der Waals surface area contributed by atoms with Crippen molar-refractivity contribution in [3.8, 4) is 0 Å². The van der Waals surface area contributed by atoms with E-state index in [0.29, 0.717) is 0 Å². The van der Waals surface area contributed by atoms with Gasteiger partial charge in [0.2, 0.25) is 0 Å². The van der Waals surface area contributed by atoms with Gasteiger partial charge in [0, 0.05) is 6.17 Å². The predicted octanol–water partition coefficient (Wildman–Crippen LogP) is 2.71. The zero-order valence-electron chi connectivity index (χ0n) is 5.41. The van der Waals surface area contributed by atoms with Crippen LogP contribution < -0.4 is 0 Å². The zero-order chi connectivity index (χ0) is 6.04. The molecule has 0 atom stereocenters. The lowest BCUT2D eigenvalue weighted by molar-refractivity contribution is 0.521. The lowest BCUT2D eigenvalue weighted by Crippen LogP contribution is -2.02. The minimum Gasteiger partial charge on any atom is -0.0891 e. The van der Waals surface area contributed by atoms with E-state index in [1.165, 1.54) is 19.3 Å². The number of hydrogen-bond donors (Lipinski definition) is 0. The third-order valence-electron chi connectivity index (χ3n) is 1.40. The van der Waals surface area contributed by atoms with Crippen molar-refractivity contribution >= 4 is 15.9 Å². The lowest BCUT2D eigenvalue weighted by atomic mass is 10.0. The van der Waals surface area contributed by atoms with Crippen LogP contribution >= 0.6 is 15.9 Å². The Bertz CT molecular complexity index is 72.6. The van der Waals surface area contributed by atoms with Crippen molar-refractivity contribution in [2.75, 3.05) is 0 Å². The number of hydrogen-bond acceptors (Lipinski definition) is 0. The van der Waals surface area contributed by atoms with Gasteiger partial charge in [0.25, 0.3) is 0 Å². The van der Waals surface area contributed by atoms with Crippen LogP contribution in [0.4, 0.5) is 0 Å². The molecule has 0 bridgehead atoms. The summed E-state index contributed by atoms with van der Waals surface area (Å²) in [5.74, 6) is 0. The number of alkyl halides is 1. The summed E-state index contributed by atoms with van der Waals surface area (Å²) in [7, 11) is 0. The van der Waals surface area contributed by atoms with Crippen LogP contribution in [-0.2, 0) is 0 Å². The molecule has 1 aliphatic carbocycles. The Morgan fingerprint density at radius 1 is 1.29 bits per heavy atom. The molecule has 1 heteroatoms. The van der Waals surface area contributed by atoms with E-state index >= 15 is 0 Å². The molecule has 0 unspecified atom stereocenters. The summed E-state index contributed by atoms with van der Waals surface area (Å²) < 4.78 is 7.54. The first kappa shape index (κ1) is 4.37. The Labute approximate surface area is 54.8 Å². The van der Waals surface area contributed by atoms with Gasteiger partial charge in [0.15, 0.2) is 0 Å². The van der Waals surface area contributed by atoms with Crippen molar-refractivity contribution in [3.05, 3.63) is 0 Å². The van der Waals surface area contributed by atoms with Crippen LogP contribution in [0.25, 0.3) is 0 Å². The summed E-state index contributed by atoms with van der Waals surface area (Å²) in [6, 6.07) is 0. The van der Waals surface area contributed by atoms with Gasteiger partial charge in [-0.25, -0.2) is 0 Å². The van der Waals surface area contributed by atoms with Crippen molar-refractivity contribution in [1.82, 2.24) is 0 Å². The van der Waals surface area contributed by atoms with E-state index in [1.807, 2.05) is 0 Å². The largest absolute Gasteiger partial charge is 0.0891 e. The van der Waals surface area contributed by atoms with Crippen molar-refractivity contribution in [2.45, 2.75) is 36.9 Å². The van der Waals surface area contributed by atoms with Crippen molar-refractivity contribution in [1.29, 1.82) is 0 Å². The Morgan fingerprint density at radius 3 is 2.14 bits per heavy atom. The van der Waals surface area contributed by atoms with Crippen LogP contribution in [0.3, 0.4) is 0 Å². The van der Waals surface area contributed by atoms with Crippen molar-refractivity contribution < 1.29 is 1.37 Å². The number of rotatable bonds is 0. The van der Waals surface area contributed by atoms with Gasteiger partial charge in [0.05, 0.1) is 0 Å². The molecule has 42 valence electrons. The fourth-order valence-corrected chi connectivity index (χ4v) is 1.50. The summed E-state index contributed by atoms with van der Waals surface area (Å²) in [4.78, 5) is -0.259. The van der Waals surface area contributed by atoms with Gasteiger partial charge in [-0.2, -0.15) is 0 Å². The van der Waals surface area contributed by atoms with Gasteiger partial charge in [0.1, 0.15) is 0 Å². The van der Waals surface area contributed by atoms with E-state index in [2.05, 4.69) is 15.9 Å². The molecule has 1 saturated carbocycles. The maximum absolute atomic E-state index is 7.54. The van der Waals surface area contributed by atoms with E-state index in [9.17, 15) is 0 Å². The monoisotopic (exact) mass is 163 g/mol. The highest BCUT2D eigenvalue weighted by molar-refractivity contribution is 9.09. The quantitative estimate of drug-likeness (QED) is 0.483. The Kier molecular flexibility index (Phi) is 1.69. The molecular weight excluding hydrogens is 152 g/mol. The summed E-state index contributed by atoms with van der Waals surface area (Å²) in [5.41, 5.74) is 0. The normalized spacial score (nSPS) is 31.9. The average molecular weight is 164 g/mol. The van der Waals surface area contributed by atoms with Gasteiger partial charge in [-0.3, -0.25) is 0 Å². The maximum Gasteiger partial charge on any atom is 0.0423 e. The SMILES string of the molecule is [2H]C1(Br)CCCCC1. The Hall–Kier alpha value is 0.480. The molecule has 0 heterocycles. The highest BCUT2D eigenvalue weighted by Gasteiger charge is 2.07. The number of halogens is 1. The minimum absolute atomic E-state index is 0.259. The summed E-state index contributed by atoms with van der Waals surface area (Å²) in [6.45, 7) is 0. The van der Waals surface area contributed by atoms with Gasteiger partial charge >= 0.3 is 0 Å². The van der Waals surface area contributed by atoms with E-state index in [-0.39, 0.29) is 4.80 Å². The van der Waals surface area contributed by atoms with Crippen molar-refractivity contribution in [3.63, 3.8) is 0 Å². The van der Waals surface area contributed by atoms with Gasteiger partial charge in [-0.15, -0.1) is 0 Å². The van der Waals surface area contributed by atoms with E-state index in [0.717, 1.165) is 12.8 Å². The molecule has 0 nitrogen and oxygen atoms in total. The smallest absolute Gasteiger partial charge is 0.0423 e. The molecule has 7 heavy (non-hydrogen) atoms. The standard InChI is InChI=1S/C6H11Br/c7-6-4-2-1-3-5-6/h6H,1-5H2/i6D. The van der Waals surface area contributed by atoms with E-state index in [4.69, 9.17) is 1.37 Å². The highest BCUT2D eigenvalue weighted by atomic mass is 79.9. The molecule has 0 N–H and O–H groups in total. The maximum atomic E-state index is 7.54. The third kappa shape index (κ3) is 1.81. The molecular formula is C6H11Br. The Morgan fingerprint density at radius 2 is 1.86 bits per heavy atom. The molecule has 1 fully saturated rings. The minimum atomic E-state index is -0.259. The van der Waals surface area contributed by atoms with E-state index < -0.39 is 0 Å². The second-order valence-corrected chi connectivity index (χ2v) is 3.20. The van der Waals surface area contributed by atoms with Crippen LogP contribution in [0.15, 0.2) is 0 Å². The first-order chi connectivity index (χ1) is 3.71. The van der Waals surface area contributed by atoms with Crippen LogP contribution in [0, 0.1) is 0 Å². The predicted molar refractivity (Wildman–Crippen MR) is 35.8 cm³/mol. The van der Waals surface area contributed by atoms with Crippen LogP contribution in [-0.4, -0.2) is 4.80 Å². The highest BCUT2D eigenvalue weighted by Crippen LogP contribution is 2.22. The molecule has 0 aromatic heterocycles. The van der Waals surface area contributed by atoms with Crippen LogP contribution in [0.5, 0.6) is 0 Å². The van der Waals surface area contributed by atoms with Gasteiger partial charge in [-0.05, 0) is 12.8 Å². The lowest BCUT2D eigenvalue weighted by Gasteiger charge is -2.13. The first-order valence-electron chi connectivity index (χ1n) is 3.40. The summed E-state index contributed by atoms with van der Waals surface area (Å²) in [5, 5.41) is 0. The topological polar surface area (TPSA) is 0 Å². The zero-order valence-corrected chi connectivity index (χ0v) is 6.00. The first-order valence-corrected chi connectivity index (χ1v) is 3.69. The molecule has 0 aromatic carbocycles. The van der Waals surface area contributed by atoms with Gasteiger partial charge in [-0.1, -0.05) is 35.2 Å². The van der Waals surface area contributed by atoms with Crippen molar-refractivity contribution in [2.24, 2.45) is 0 Å². The Balaban J connectivity index is 2.33. The summed E-state index contributed by atoms with van der Waals surface area (Å²) >= 11 is 3.36. The molecule has 0 spiro atoms. The molecule has 0 radical (unpaired) electrons. The molecule has 0 amide bonds. The van der Waals surface area contributed by atoms with E-state index in [1.54, 1.807) is 0 Å². The fourth-order valence-electron chi connectivity index (χ4n) is 0.935. The van der Waals surface area contributed by atoms with Gasteiger partial charge < -0.3 is 0 Å². The third-order valence-corrected chi connectivity index (χ3v) is 2.19. The second kappa shape index (κ2) is 2.71. The average Bonchev–Trinajstić information content (AvgIpc) is 1.65.